The first kappa shape index (κ1) is 15.3. The van der Waals surface area contributed by atoms with Crippen LogP contribution in [-0.4, -0.2) is 11.7 Å². The Kier molecular flexibility index (Phi) is 4.94. The summed E-state index contributed by atoms with van der Waals surface area (Å²) in [5.74, 6) is 5.00. The van der Waals surface area contributed by atoms with Gasteiger partial charge in [-0.15, -0.1) is 0 Å². The van der Waals surface area contributed by atoms with Gasteiger partial charge in [0.05, 0.1) is 0 Å². The number of amides is 1. The van der Waals surface area contributed by atoms with E-state index in [4.69, 9.17) is 5.73 Å². The Bertz CT molecular complexity index is 753. The standard InChI is InChI=1S/C18H16N2O2/c1-2-17(21)11-6-13-4-3-5-16(12-13)20-18(22)14-7-9-15(19)10-8-14/h3-5,7-10,12H,2,19H2,1H3,(H,20,22). The van der Waals surface area contributed by atoms with Gasteiger partial charge >= 0.3 is 0 Å². The fraction of sp³-hybridized carbons (Fsp3) is 0.111. The van der Waals surface area contributed by atoms with Gasteiger partial charge in [-0.3, -0.25) is 9.59 Å². The molecule has 4 heteroatoms. The summed E-state index contributed by atoms with van der Waals surface area (Å²) < 4.78 is 0. The van der Waals surface area contributed by atoms with Crippen molar-refractivity contribution in [3.05, 3.63) is 59.7 Å². The highest BCUT2D eigenvalue weighted by atomic mass is 16.1. The van der Waals surface area contributed by atoms with Crippen LogP contribution in [0.4, 0.5) is 11.4 Å². The van der Waals surface area contributed by atoms with E-state index in [1.165, 1.54) is 0 Å². The van der Waals surface area contributed by atoms with E-state index in [9.17, 15) is 9.59 Å². The monoisotopic (exact) mass is 292 g/mol. The van der Waals surface area contributed by atoms with Gasteiger partial charge in [0, 0.05) is 28.9 Å². The molecule has 2 aromatic rings. The minimum absolute atomic E-state index is 0.115. The topological polar surface area (TPSA) is 72.2 Å². The fourth-order valence-corrected chi connectivity index (χ4v) is 1.74. The van der Waals surface area contributed by atoms with Crippen molar-refractivity contribution < 1.29 is 9.59 Å². The maximum atomic E-state index is 12.1. The zero-order chi connectivity index (χ0) is 15.9. The first-order valence-corrected chi connectivity index (χ1v) is 6.90. The lowest BCUT2D eigenvalue weighted by Crippen LogP contribution is -2.11. The maximum Gasteiger partial charge on any atom is 0.255 e. The summed E-state index contributed by atoms with van der Waals surface area (Å²) in [5, 5.41) is 2.79. The number of hydrogen-bond acceptors (Lipinski definition) is 3. The van der Waals surface area contributed by atoms with Crippen LogP contribution >= 0.6 is 0 Å². The van der Waals surface area contributed by atoms with Crippen LogP contribution in [0.15, 0.2) is 48.5 Å². The summed E-state index contributed by atoms with van der Waals surface area (Å²) in [6.45, 7) is 1.76. The van der Waals surface area contributed by atoms with E-state index in [1.54, 1.807) is 55.5 Å². The fourth-order valence-electron chi connectivity index (χ4n) is 1.74. The van der Waals surface area contributed by atoms with Crippen molar-refractivity contribution in [2.24, 2.45) is 0 Å². The third-order valence-corrected chi connectivity index (χ3v) is 2.96. The first-order chi connectivity index (χ1) is 10.6. The molecule has 1 amide bonds. The molecule has 0 spiro atoms. The number of nitrogen functional groups attached to an aromatic ring is 1. The number of nitrogens with one attached hydrogen (secondary N) is 1. The van der Waals surface area contributed by atoms with Gasteiger partial charge in [0.15, 0.2) is 0 Å². The average Bonchev–Trinajstić information content (AvgIpc) is 2.53. The molecule has 2 rings (SSSR count). The second kappa shape index (κ2) is 7.09. The van der Waals surface area contributed by atoms with Crippen molar-refractivity contribution in [3.63, 3.8) is 0 Å². The molecule has 0 aromatic heterocycles. The van der Waals surface area contributed by atoms with Crippen LogP contribution in [0.2, 0.25) is 0 Å². The Morgan fingerprint density at radius 3 is 2.55 bits per heavy atom. The lowest BCUT2D eigenvalue weighted by atomic mass is 10.1. The molecule has 3 N–H and O–H groups in total. The number of nitrogens with two attached hydrogens (primary N) is 1. The summed E-state index contributed by atoms with van der Waals surface area (Å²) in [4.78, 5) is 23.3. The smallest absolute Gasteiger partial charge is 0.255 e. The Labute approximate surface area is 129 Å². The minimum atomic E-state index is -0.227. The maximum absolute atomic E-state index is 12.1. The number of hydrogen-bond donors (Lipinski definition) is 2. The molecule has 0 aliphatic heterocycles. The molecule has 0 heterocycles. The van der Waals surface area contributed by atoms with E-state index < -0.39 is 0 Å². The van der Waals surface area contributed by atoms with Crippen LogP contribution in [0, 0.1) is 11.8 Å². The summed E-state index contributed by atoms with van der Waals surface area (Å²) in [6, 6.07) is 13.7. The van der Waals surface area contributed by atoms with Crippen LogP contribution in [0.25, 0.3) is 0 Å². The minimum Gasteiger partial charge on any atom is -0.399 e. The number of benzene rings is 2. The van der Waals surface area contributed by atoms with Crippen molar-refractivity contribution in [2.45, 2.75) is 13.3 Å². The summed E-state index contributed by atoms with van der Waals surface area (Å²) in [5.41, 5.74) is 8.02. The van der Waals surface area contributed by atoms with Crippen molar-refractivity contribution in [2.75, 3.05) is 11.1 Å². The first-order valence-electron chi connectivity index (χ1n) is 6.90. The summed E-state index contributed by atoms with van der Waals surface area (Å²) >= 11 is 0. The molecule has 0 aliphatic rings. The van der Waals surface area contributed by atoms with Gasteiger partial charge in [0.25, 0.3) is 5.91 Å². The number of carbonyl (C=O) groups is 2. The van der Waals surface area contributed by atoms with Crippen molar-refractivity contribution in [1.29, 1.82) is 0 Å². The third-order valence-electron chi connectivity index (χ3n) is 2.96. The van der Waals surface area contributed by atoms with Crippen LogP contribution in [-0.2, 0) is 4.79 Å². The van der Waals surface area contributed by atoms with E-state index in [0.29, 0.717) is 28.9 Å². The molecule has 22 heavy (non-hydrogen) atoms. The molecule has 2 aromatic carbocycles. The number of anilines is 2. The molecular weight excluding hydrogens is 276 g/mol. The van der Waals surface area contributed by atoms with Crippen LogP contribution in [0.3, 0.4) is 0 Å². The largest absolute Gasteiger partial charge is 0.399 e. The number of ketones is 1. The van der Waals surface area contributed by atoms with Crippen LogP contribution in [0.1, 0.15) is 29.3 Å². The average molecular weight is 292 g/mol. The molecule has 0 saturated heterocycles. The molecular formula is C18H16N2O2. The van der Waals surface area contributed by atoms with Gasteiger partial charge in [-0.2, -0.15) is 0 Å². The van der Waals surface area contributed by atoms with Gasteiger partial charge in [-0.25, -0.2) is 0 Å². The lowest BCUT2D eigenvalue weighted by molar-refractivity contribution is -0.113. The Hall–Kier alpha value is -3.06. The number of Topliss-reactive ketones (excluding diaryl/α,β-unsaturated/α-hetero) is 1. The van der Waals surface area contributed by atoms with E-state index >= 15 is 0 Å². The van der Waals surface area contributed by atoms with Crippen molar-refractivity contribution >= 4 is 23.1 Å². The van der Waals surface area contributed by atoms with Gasteiger partial charge in [-0.05, 0) is 48.4 Å². The second-order valence-corrected chi connectivity index (χ2v) is 4.68. The zero-order valence-electron chi connectivity index (χ0n) is 12.2. The van der Waals surface area contributed by atoms with Crippen molar-refractivity contribution in [3.8, 4) is 11.8 Å². The molecule has 4 nitrogen and oxygen atoms in total. The van der Waals surface area contributed by atoms with E-state index in [1.807, 2.05) is 0 Å². The molecule has 0 radical (unpaired) electrons. The molecule has 0 atom stereocenters. The Morgan fingerprint density at radius 1 is 1.14 bits per heavy atom. The van der Waals surface area contributed by atoms with Gasteiger partial charge in [0.1, 0.15) is 0 Å². The molecule has 0 fully saturated rings. The number of rotatable bonds is 3. The molecule has 0 aliphatic carbocycles. The Morgan fingerprint density at radius 2 is 1.86 bits per heavy atom. The molecule has 0 bridgehead atoms. The highest BCUT2D eigenvalue weighted by Crippen LogP contribution is 2.12. The van der Waals surface area contributed by atoms with Gasteiger partial charge in [0.2, 0.25) is 5.78 Å². The predicted octanol–water partition coefficient (Wildman–Crippen LogP) is 2.85. The van der Waals surface area contributed by atoms with Crippen LogP contribution in [0.5, 0.6) is 0 Å². The second-order valence-electron chi connectivity index (χ2n) is 4.68. The van der Waals surface area contributed by atoms with E-state index in [0.717, 1.165) is 0 Å². The predicted molar refractivity (Wildman–Crippen MR) is 87.4 cm³/mol. The van der Waals surface area contributed by atoms with Gasteiger partial charge < -0.3 is 11.1 Å². The summed E-state index contributed by atoms with van der Waals surface area (Å²) in [6.07, 6.45) is 0.389. The number of carbonyl (C=O) groups excluding carboxylic acids is 2. The van der Waals surface area contributed by atoms with Gasteiger partial charge in [-0.1, -0.05) is 18.9 Å². The molecule has 110 valence electrons. The van der Waals surface area contributed by atoms with Crippen LogP contribution < -0.4 is 11.1 Å². The highest BCUT2D eigenvalue weighted by molar-refractivity contribution is 6.04. The SMILES string of the molecule is CCC(=O)C#Cc1cccc(NC(=O)c2ccc(N)cc2)c1. The molecule has 0 unspecified atom stereocenters. The highest BCUT2D eigenvalue weighted by Gasteiger charge is 2.05. The van der Waals surface area contributed by atoms with E-state index in [-0.39, 0.29) is 11.7 Å². The normalized spacial score (nSPS) is 9.50. The Balaban J connectivity index is 2.12. The third kappa shape index (κ3) is 4.22. The lowest BCUT2D eigenvalue weighted by Gasteiger charge is -2.06. The molecule has 0 saturated carbocycles. The zero-order valence-corrected chi connectivity index (χ0v) is 12.2. The van der Waals surface area contributed by atoms with Crippen molar-refractivity contribution in [1.82, 2.24) is 0 Å². The quantitative estimate of drug-likeness (QED) is 0.675. The van der Waals surface area contributed by atoms with E-state index in [2.05, 4.69) is 17.2 Å². The summed E-state index contributed by atoms with van der Waals surface area (Å²) in [7, 11) is 0.